The summed E-state index contributed by atoms with van der Waals surface area (Å²) in [6, 6.07) is 21.1. The molecule has 2 heterocycles. The Morgan fingerprint density at radius 1 is 0.897 bits per heavy atom. The van der Waals surface area contributed by atoms with Crippen molar-refractivity contribution in [1.82, 2.24) is 15.1 Å². The van der Waals surface area contributed by atoms with Gasteiger partial charge in [0.1, 0.15) is 5.75 Å². The van der Waals surface area contributed by atoms with E-state index in [1.807, 2.05) is 71.6 Å². The van der Waals surface area contributed by atoms with Crippen molar-refractivity contribution in [3.8, 4) is 17.0 Å². The maximum Gasteiger partial charge on any atom is 0.321 e. The van der Waals surface area contributed by atoms with E-state index >= 15 is 0 Å². The Morgan fingerprint density at radius 3 is 2.31 bits per heavy atom. The second-order valence-electron chi connectivity index (χ2n) is 6.75. The Labute approximate surface area is 169 Å². The predicted octanol–water partition coefficient (Wildman–Crippen LogP) is 3.51. The maximum atomic E-state index is 12.4. The number of amides is 2. The summed E-state index contributed by atoms with van der Waals surface area (Å²) in [6.45, 7) is 2.69. The van der Waals surface area contributed by atoms with Crippen molar-refractivity contribution in [2.24, 2.45) is 0 Å². The molecule has 148 valence electrons. The summed E-state index contributed by atoms with van der Waals surface area (Å²) in [6.07, 6.45) is 0. The van der Waals surface area contributed by atoms with Crippen LogP contribution in [0.25, 0.3) is 11.3 Å². The minimum absolute atomic E-state index is 0.0755. The van der Waals surface area contributed by atoms with E-state index in [1.54, 1.807) is 7.11 Å². The summed E-state index contributed by atoms with van der Waals surface area (Å²) in [4.78, 5) is 16.4. The first-order chi connectivity index (χ1) is 14.2. The largest absolute Gasteiger partial charge is 0.496 e. The molecule has 0 spiro atoms. The molecule has 0 radical (unpaired) electrons. The number of methoxy groups -OCH3 is 1. The fraction of sp³-hybridized carbons (Fsp3) is 0.227. The van der Waals surface area contributed by atoms with Gasteiger partial charge in [0.15, 0.2) is 5.82 Å². The van der Waals surface area contributed by atoms with Crippen LogP contribution in [-0.4, -0.2) is 54.4 Å². The molecule has 0 atom stereocenters. The molecule has 1 fully saturated rings. The normalized spacial score (nSPS) is 13.8. The summed E-state index contributed by atoms with van der Waals surface area (Å²) < 4.78 is 5.40. The number of benzene rings is 2. The van der Waals surface area contributed by atoms with E-state index in [0.717, 1.165) is 28.5 Å². The molecule has 0 unspecified atom stereocenters. The number of anilines is 2. The van der Waals surface area contributed by atoms with Gasteiger partial charge >= 0.3 is 6.03 Å². The van der Waals surface area contributed by atoms with Crippen LogP contribution in [0.4, 0.5) is 16.3 Å². The van der Waals surface area contributed by atoms with Gasteiger partial charge in [0.05, 0.1) is 12.8 Å². The highest BCUT2D eigenvalue weighted by Crippen LogP contribution is 2.28. The number of rotatable bonds is 4. The molecule has 7 nitrogen and oxygen atoms in total. The standard InChI is InChI=1S/C22H23N5O2/c1-29-20-10-6-5-9-18(20)19-11-12-21(25-24-19)26-13-15-27(16-14-26)22(28)23-17-7-3-2-4-8-17/h2-12H,13-16H2,1H3,(H,23,28). The number of hydrogen-bond acceptors (Lipinski definition) is 5. The topological polar surface area (TPSA) is 70.6 Å². The van der Waals surface area contributed by atoms with Gasteiger partial charge in [-0.25, -0.2) is 4.79 Å². The molecule has 7 heteroatoms. The molecule has 0 saturated carbocycles. The second kappa shape index (κ2) is 8.60. The van der Waals surface area contributed by atoms with Crippen LogP contribution in [0.1, 0.15) is 0 Å². The number of piperazine rings is 1. The number of nitrogens with one attached hydrogen (secondary N) is 1. The van der Waals surface area contributed by atoms with Gasteiger partial charge in [0, 0.05) is 37.4 Å². The van der Waals surface area contributed by atoms with Gasteiger partial charge < -0.3 is 19.9 Å². The molecule has 2 aromatic carbocycles. The molecule has 1 aliphatic rings. The van der Waals surface area contributed by atoms with Crippen LogP contribution in [0.15, 0.2) is 66.7 Å². The van der Waals surface area contributed by atoms with E-state index in [2.05, 4.69) is 20.4 Å². The third kappa shape index (κ3) is 4.29. The highest BCUT2D eigenvalue weighted by atomic mass is 16.5. The molecular formula is C22H23N5O2. The van der Waals surface area contributed by atoms with Gasteiger partial charge in [-0.05, 0) is 36.4 Å². The highest BCUT2D eigenvalue weighted by Gasteiger charge is 2.22. The van der Waals surface area contributed by atoms with Crippen molar-refractivity contribution in [3.63, 3.8) is 0 Å². The monoisotopic (exact) mass is 389 g/mol. The third-order valence-corrected chi connectivity index (χ3v) is 4.95. The highest BCUT2D eigenvalue weighted by molar-refractivity contribution is 5.89. The Kier molecular flexibility index (Phi) is 5.56. The third-order valence-electron chi connectivity index (χ3n) is 4.95. The molecular weight excluding hydrogens is 366 g/mol. The number of hydrogen-bond donors (Lipinski definition) is 1. The average molecular weight is 389 g/mol. The maximum absolute atomic E-state index is 12.4. The van der Waals surface area contributed by atoms with Gasteiger partial charge in [-0.2, -0.15) is 0 Å². The van der Waals surface area contributed by atoms with Gasteiger partial charge in [-0.1, -0.05) is 30.3 Å². The van der Waals surface area contributed by atoms with Crippen LogP contribution in [-0.2, 0) is 0 Å². The van der Waals surface area contributed by atoms with Crippen LogP contribution >= 0.6 is 0 Å². The van der Waals surface area contributed by atoms with Crippen molar-refractivity contribution in [3.05, 3.63) is 66.7 Å². The molecule has 1 N–H and O–H groups in total. The summed E-state index contributed by atoms with van der Waals surface area (Å²) in [5, 5.41) is 11.7. The number of para-hydroxylation sites is 2. The van der Waals surface area contributed by atoms with E-state index in [0.29, 0.717) is 26.2 Å². The van der Waals surface area contributed by atoms with Crippen molar-refractivity contribution in [1.29, 1.82) is 0 Å². The van der Waals surface area contributed by atoms with Gasteiger partial charge in [-0.3, -0.25) is 0 Å². The van der Waals surface area contributed by atoms with E-state index in [9.17, 15) is 4.79 Å². The molecule has 1 aromatic heterocycles. The summed E-state index contributed by atoms with van der Waals surface area (Å²) in [5.41, 5.74) is 2.49. The number of carbonyl (C=O) groups is 1. The fourth-order valence-electron chi connectivity index (χ4n) is 3.36. The van der Waals surface area contributed by atoms with E-state index < -0.39 is 0 Å². The van der Waals surface area contributed by atoms with Crippen molar-refractivity contribution in [2.45, 2.75) is 0 Å². The van der Waals surface area contributed by atoms with Crippen LogP contribution in [0.5, 0.6) is 5.75 Å². The zero-order valence-corrected chi connectivity index (χ0v) is 16.3. The molecule has 0 aliphatic carbocycles. The van der Waals surface area contributed by atoms with Crippen LogP contribution in [0.3, 0.4) is 0 Å². The molecule has 0 bridgehead atoms. The summed E-state index contributed by atoms with van der Waals surface area (Å²) in [5.74, 6) is 1.58. The van der Waals surface area contributed by atoms with Crippen LogP contribution in [0.2, 0.25) is 0 Å². The van der Waals surface area contributed by atoms with Crippen molar-refractivity contribution in [2.75, 3.05) is 43.5 Å². The van der Waals surface area contributed by atoms with E-state index in [-0.39, 0.29) is 6.03 Å². The molecule has 1 aliphatic heterocycles. The Morgan fingerprint density at radius 2 is 1.62 bits per heavy atom. The van der Waals surface area contributed by atoms with Gasteiger partial charge in [0.2, 0.25) is 0 Å². The number of urea groups is 1. The van der Waals surface area contributed by atoms with Gasteiger partial charge in [0.25, 0.3) is 0 Å². The smallest absolute Gasteiger partial charge is 0.321 e. The minimum atomic E-state index is -0.0755. The fourth-order valence-corrected chi connectivity index (χ4v) is 3.36. The molecule has 1 saturated heterocycles. The summed E-state index contributed by atoms with van der Waals surface area (Å²) in [7, 11) is 1.65. The number of nitrogens with zero attached hydrogens (tertiary/aromatic N) is 4. The van der Waals surface area contributed by atoms with E-state index in [4.69, 9.17) is 4.74 Å². The van der Waals surface area contributed by atoms with Crippen LogP contribution < -0.4 is 15.0 Å². The van der Waals surface area contributed by atoms with Crippen LogP contribution in [0, 0.1) is 0 Å². The lowest BCUT2D eigenvalue weighted by atomic mass is 10.1. The Balaban J connectivity index is 1.37. The second-order valence-corrected chi connectivity index (χ2v) is 6.75. The lowest BCUT2D eigenvalue weighted by molar-refractivity contribution is 0.208. The van der Waals surface area contributed by atoms with Crippen molar-refractivity contribution >= 4 is 17.5 Å². The Bertz CT molecular complexity index is 954. The average Bonchev–Trinajstić information content (AvgIpc) is 2.80. The van der Waals surface area contributed by atoms with Gasteiger partial charge in [-0.15, -0.1) is 10.2 Å². The minimum Gasteiger partial charge on any atom is -0.496 e. The quantitative estimate of drug-likeness (QED) is 0.739. The first-order valence-corrected chi connectivity index (χ1v) is 9.57. The number of carbonyl (C=O) groups excluding carboxylic acids is 1. The first kappa shape index (κ1) is 18.7. The zero-order valence-electron chi connectivity index (χ0n) is 16.3. The molecule has 3 aromatic rings. The lowest BCUT2D eigenvalue weighted by Gasteiger charge is -2.35. The van der Waals surface area contributed by atoms with E-state index in [1.165, 1.54) is 0 Å². The number of ether oxygens (including phenoxy) is 1. The lowest BCUT2D eigenvalue weighted by Crippen LogP contribution is -2.50. The molecule has 4 rings (SSSR count). The first-order valence-electron chi connectivity index (χ1n) is 9.57. The molecule has 2 amide bonds. The number of aromatic nitrogens is 2. The molecule has 29 heavy (non-hydrogen) atoms. The predicted molar refractivity (Wildman–Crippen MR) is 113 cm³/mol. The summed E-state index contributed by atoms with van der Waals surface area (Å²) >= 11 is 0. The van der Waals surface area contributed by atoms with Crippen molar-refractivity contribution < 1.29 is 9.53 Å². The Hall–Kier alpha value is -3.61. The zero-order chi connectivity index (χ0) is 20.1. The SMILES string of the molecule is COc1ccccc1-c1ccc(N2CCN(C(=O)Nc3ccccc3)CC2)nn1.